The van der Waals surface area contributed by atoms with Gasteiger partial charge in [0.2, 0.25) is 5.89 Å². The predicted molar refractivity (Wildman–Crippen MR) is 87.2 cm³/mol. The molecule has 0 aliphatic heterocycles. The first kappa shape index (κ1) is 14.8. The van der Waals surface area contributed by atoms with Gasteiger partial charge in [0.05, 0.1) is 6.20 Å². The number of esters is 1. The number of oxazole rings is 1. The minimum absolute atomic E-state index is 0.00476. The van der Waals surface area contributed by atoms with Crippen molar-refractivity contribution in [1.29, 1.82) is 0 Å². The Hall–Kier alpha value is -3.14. The topological polar surface area (TPSA) is 52.3 Å². The van der Waals surface area contributed by atoms with Gasteiger partial charge in [-0.2, -0.15) is 0 Å². The van der Waals surface area contributed by atoms with Crippen molar-refractivity contribution in [3.63, 3.8) is 0 Å². The number of hydrogen-bond donors (Lipinski definition) is 0. The van der Waals surface area contributed by atoms with Gasteiger partial charge >= 0.3 is 5.97 Å². The molecule has 0 saturated heterocycles. The summed E-state index contributed by atoms with van der Waals surface area (Å²) >= 11 is 0. The lowest BCUT2D eigenvalue weighted by Crippen LogP contribution is -2.00. The van der Waals surface area contributed by atoms with E-state index in [1.54, 1.807) is 12.3 Å². The fourth-order valence-electron chi connectivity index (χ4n) is 2.02. The highest BCUT2D eigenvalue weighted by Crippen LogP contribution is 2.19. The van der Waals surface area contributed by atoms with E-state index in [1.165, 1.54) is 6.08 Å². The minimum Gasteiger partial charge on any atom is -0.453 e. The van der Waals surface area contributed by atoms with Gasteiger partial charge in [-0.05, 0) is 11.6 Å². The summed E-state index contributed by atoms with van der Waals surface area (Å²) < 4.78 is 10.7. The molecule has 3 aromatic rings. The molecule has 4 heteroatoms. The molecule has 4 nitrogen and oxygen atoms in total. The second kappa shape index (κ2) is 7.22. The molecule has 0 aliphatic rings. The van der Waals surface area contributed by atoms with E-state index in [1.807, 2.05) is 60.7 Å². The molecule has 114 valence electrons. The maximum atomic E-state index is 11.7. The molecule has 0 radical (unpaired) electrons. The van der Waals surface area contributed by atoms with E-state index in [-0.39, 0.29) is 6.61 Å². The molecule has 0 spiro atoms. The standard InChI is InChI=1S/C19H15NO3/c21-19(12-11-15-7-3-1-4-8-15)22-14-18-20-13-17(23-18)16-9-5-2-6-10-16/h1-13H,14H2/b12-11+. The third kappa shape index (κ3) is 4.17. The minimum atomic E-state index is -0.437. The molecule has 0 unspecified atom stereocenters. The average molecular weight is 305 g/mol. The van der Waals surface area contributed by atoms with Gasteiger partial charge in [0.25, 0.3) is 0 Å². The normalized spacial score (nSPS) is 10.8. The highest BCUT2D eigenvalue weighted by atomic mass is 16.5. The van der Waals surface area contributed by atoms with Crippen LogP contribution in [0.25, 0.3) is 17.4 Å². The Morgan fingerprint density at radius 1 is 1.04 bits per heavy atom. The molecule has 0 amide bonds. The molecule has 0 saturated carbocycles. The first-order valence-corrected chi connectivity index (χ1v) is 7.21. The van der Waals surface area contributed by atoms with Crippen LogP contribution < -0.4 is 0 Å². The molecule has 3 rings (SSSR count). The number of aromatic nitrogens is 1. The number of hydrogen-bond acceptors (Lipinski definition) is 4. The van der Waals surface area contributed by atoms with Gasteiger partial charge in [-0.15, -0.1) is 0 Å². The Kier molecular flexibility index (Phi) is 4.64. The zero-order valence-corrected chi connectivity index (χ0v) is 12.4. The van der Waals surface area contributed by atoms with Crippen LogP contribution in [0.2, 0.25) is 0 Å². The highest BCUT2D eigenvalue weighted by Gasteiger charge is 2.07. The molecule has 0 aliphatic carbocycles. The highest BCUT2D eigenvalue weighted by molar-refractivity contribution is 5.86. The van der Waals surface area contributed by atoms with Crippen LogP contribution in [0.3, 0.4) is 0 Å². The molecular weight excluding hydrogens is 290 g/mol. The maximum absolute atomic E-state index is 11.7. The van der Waals surface area contributed by atoms with Crippen molar-refractivity contribution in [2.24, 2.45) is 0 Å². The van der Waals surface area contributed by atoms with Crippen LogP contribution in [0, 0.1) is 0 Å². The Balaban J connectivity index is 1.55. The van der Waals surface area contributed by atoms with Crippen LogP contribution >= 0.6 is 0 Å². The number of carbonyl (C=O) groups excluding carboxylic acids is 1. The first-order chi connectivity index (χ1) is 11.3. The summed E-state index contributed by atoms with van der Waals surface area (Å²) in [6.07, 6.45) is 4.71. The molecule has 1 heterocycles. The Labute approximate surface area is 134 Å². The summed E-state index contributed by atoms with van der Waals surface area (Å²) in [5.74, 6) is 0.579. The van der Waals surface area contributed by atoms with Crippen LogP contribution in [-0.4, -0.2) is 11.0 Å². The van der Waals surface area contributed by atoms with Crippen molar-refractivity contribution in [3.8, 4) is 11.3 Å². The largest absolute Gasteiger partial charge is 0.453 e. The zero-order valence-electron chi connectivity index (χ0n) is 12.4. The van der Waals surface area contributed by atoms with Crippen molar-refractivity contribution >= 4 is 12.0 Å². The number of rotatable bonds is 5. The fourth-order valence-corrected chi connectivity index (χ4v) is 2.02. The first-order valence-electron chi connectivity index (χ1n) is 7.21. The molecule has 23 heavy (non-hydrogen) atoms. The monoisotopic (exact) mass is 305 g/mol. The number of nitrogens with zero attached hydrogens (tertiary/aromatic N) is 1. The summed E-state index contributed by atoms with van der Waals surface area (Å²) in [6.45, 7) is 0.00476. The third-order valence-corrected chi connectivity index (χ3v) is 3.16. The van der Waals surface area contributed by atoms with Crippen molar-refractivity contribution in [2.45, 2.75) is 6.61 Å². The molecule has 2 aromatic carbocycles. The third-order valence-electron chi connectivity index (χ3n) is 3.16. The van der Waals surface area contributed by atoms with Crippen molar-refractivity contribution in [1.82, 2.24) is 4.98 Å². The predicted octanol–water partition coefficient (Wildman–Crippen LogP) is 4.10. The second-order valence-corrected chi connectivity index (χ2v) is 4.84. The van der Waals surface area contributed by atoms with Crippen molar-refractivity contribution in [2.75, 3.05) is 0 Å². The maximum Gasteiger partial charge on any atom is 0.331 e. The number of ether oxygens (including phenoxy) is 1. The van der Waals surface area contributed by atoms with E-state index < -0.39 is 5.97 Å². The van der Waals surface area contributed by atoms with Crippen LogP contribution in [0.15, 0.2) is 77.4 Å². The van der Waals surface area contributed by atoms with E-state index in [2.05, 4.69) is 4.98 Å². The summed E-state index contributed by atoms with van der Waals surface area (Å²) in [7, 11) is 0. The zero-order chi connectivity index (χ0) is 15.9. The van der Waals surface area contributed by atoms with Crippen LogP contribution in [-0.2, 0) is 16.1 Å². The van der Waals surface area contributed by atoms with E-state index in [9.17, 15) is 4.79 Å². The fraction of sp³-hybridized carbons (Fsp3) is 0.0526. The summed E-state index contributed by atoms with van der Waals surface area (Å²) in [5.41, 5.74) is 1.87. The smallest absolute Gasteiger partial charge is 0.331 e. The summed E-state index contributed by atoms with van der Waals surface area (Å²) in [6, 6.07) is 19.2. The number of carbonyl (C=O) groups is 1. The van der Waals surface area contributed by atoms with Crippen LogP contribution in [0.4, 0.5) is 0 Å². The Bertz CT molecular complexity index is 792. The SMILES string of the molecule is O=C(/C=C/c1ccccc1)OCc1ncc(-c2ccccc2)o1. The average Bonchev–Trinajstić information content (AvgIpc) is 3.09. The summed E-state index contributed by atoms with van der Waals surface area (Å²) in [4.78, 5) is 15.8. The van der Waals surface area contributed by atoms with E-state index >= 15 is 0 Å². The van der Waals surface area contributed by atoms with Gasteiger partial charge in [0.15, 0.2) is 12.4 Å². The van der Waals surface area contributed by atoms with Crippen molar-refractivity contribution < 1.29 is 13.9 Å². The molecule has 0 atom stereocenters. The van der Waals surface area contributed by atoms with Crippen LogP contribution in [0.1, 0.15) is 11.5 Å². The van der Waals surface area contributed by atoms with E-state index in [4.69, 9.17) is 9.15 Å². The lowest BCUT2D eigenvalue weighted by molar-refractivity contribution is -0.139. The van der Waals surface area contributed by atoms with Gasteiger partial charge in [-0.3, -0.25) is 0 Å². The molecule has 0 N–H and O–H groups in total. The second-order valence-electron chi connectivity index (χ2n) is 4.84. The van der Waals surface area contributed by atoms with Gasteiger partial charge in [-0.1, -0.05) is 60.7 Å². The van der Waals surface area contributed by atoms with Gasteiger partial charge in [-0.25, -0.2) is 9.78 Å². The lowest BCUT2D eigenvalue weighted by atomic mass is 10.2. The Morgan fingerprint density at radius 2 is 1.74 bits per heavy atom. The van der Waals surface area contributed by atoms with E-state index in [0.29, 0.717) is 11.7 Å². The summed E-state index contributed by atoms with van der Waals surface area (Å²) in [5, 5.41) is 0. The van der Waals surface area contributed by atoms with Gasteiger partial charge in [0.1, 0.15) is 0 Å². The number of benzene rings is 2. The molecular formula is C19H15NO3. The van der Waals surface area contributed by atoms with E-state index in [0.717, 1.165) is 11.1 Å². The molecule has 0 bridgehead atoms. The van der Waals surface area contributed by atoms with Crippen LogP contribution in [0.5, 0.6) is 0 Å². The van der Waals surface area contributed by atoms with Crippen molar-refractivity contribution in [3.05, 3.63) is 84.4 Å². The molecule has 0 fully saturated rings. The lowest BCUT2D eigenvalue weighted by Gasteiger charge is -1.98. The quantitative estimate of drug-likeness (QED) is 0.526. The van der Waals surface area contributed by atoms with Gasteiger partial charge < -0.3 is 9.15 Å². The van der Waals surface area contributed by atoms with Gasteiger partial charge in [0, 0.05) is 11.6 Å². The molecule has 1 aromatic heterocycles. The Morgan fingerprint density at radius 3 is 2.48 bits per heavy atom.